The van der Waals surface area contributed by atoms with Crippen molar-refractivity contribution >= 4 is 52.0 Å². The minimum absolute atomic E-state index is 0.00159. The summed E-state index contributed by atoms with van der Waals surface area (Å²) in [6.07, 6.45) is 5.45. The monoisotopic (exact) mass is 376 g/mol. The Morgan fingerprint density at radius 2 is 2.17 bits per heavy atom. The van der Waals surface area contributed by atoms with Crippen LogP contribution in [-0.4, -0.2) is 22.5 Å². The lowest BCUT2D eigenvalue weighted by molar-refractivity contribution is -0.130. The zero-order valence-corrected chi connectivity index (χ0v) is 15.4. The number of thiophene rings is 2. The summed E-state index contributed by atoms with van der Waals surface area (Å²) >= 11 is 9.25. The zero-order valence-electron chi connectivity index (χ0n) is 13.0. The minimum atomic E-state index is -0.118. The largest absolute Gasteiger partial charge is 0.272 e. The third kappa shape index (κ3) is 2.85. The van der Waals surface area contributed by atoms with Crippen LogP contribution in [0.15, 0.2) is 45.7 Å². The van der Waals surface area contributed by atoms with Gasteiger partial charge in [0.2, 0.25) is 0 Å². The Morgan fingerprint density at radius 3 is 2.88 bits per heavy atom. The number of alkyl halides is 1. The Morgan fingerprint density at radius 1 is 1.33 bits per heavy atom. The predicted molar refractivity (Wildman–Crippen MR) is 102 cm³/mol. The van der Waals surface area contributed by atoms with Gasteiger partial charge in [-0.1, -0.05) is 12.1 Å². The number of amides is 1. The maximum atomic E-state index is 12.4. The molecule has 1 fully saturated rings. The second-order valence-corrected chi connectivity index (χ2v) is 8.23. The summed E-state index contributed by atoms with van der Waals surface area (Å²) in [5, 5.41) is 10.5. The quantitative estimate of drug-likeness (QED) is 0.680. The summed E-state index contributed by atoms with van der Waals surface area (Å²) in [7, 11) is 0. The van der Waals surface area contributed by atoms with E-state index >= 15 is 0 Å². The number of rotatable bonds is 3. The first-order chi connectivity index (χ1) is 11.8. The summed E-state index contributed by atoms with van der Waals surface area (Å²) in [4.78, 5) is 14.8. The van der Waals surface area contributed by atoms with Crippen molar-refractivity contribution in [1.82, 2.24) is 5.01 Å². The molecule has 3 nitrogen and oxygen atoms in total. The molecule has 0 radical (unpaired) electrons. The average molecular weight is 377 g/mol. The fourth-order valence-electron chi connectivity index (χ4n) is 3.55. The highest BCUT2D eigenvalue weighted by atomic mass is 35.5. The number of allylic oxidation sites excluding steroid dienone is 1. The molecule has 0 spiro atoms. The number of hydrogen-bond donors (Lipinski definition) is 0. The van der Waals surface area contributed by atoms with E-state index in [1.54, 1.807) is 27.7 Å². The molecular weight excluding hydrogens is 360 g/mol. The van der Waals surface area contributed by atoms with Crippen LogP contribution in [0, 0.1) is 5.92 Å². The number of hydrazone groups is 1. The molecule has 0 saturated heterocycles. The Labute approximate surface area is 154 Å². The van der Waals surface area contributed by atoms with Gasteiger partial charge in [0.15, 0.2) is 0 Å². The van der Waals surface area contributed by atoms with Gasteiger partial charge in [-0.25, -0.2) is 5.01 Å². The summed E-state index contributed by atoms with van der Waals surface area (Å²) in [5.74, 6) is 0.123. The van der Waals surface area contributed by atoms with Crippen molar-refractivity contribution in [3.8, 4) is 0 Å². The van der Waals surface area contributed by atoms with Gasteiger partial charge in [-0.05, 0) is 53.8 Å². The SMILES string of the molecule is O=C(CCl)N1N=C2/C(=C/c3cccs3)CCC[C@@H]2[C@H]1c1cccs1. The van der Waals surface area contributed by atoms with E-state index < -0.39 is 0 Å². The van der Waals surface area contributed by atoms with E-state index in [-0.39, 0.29) is 23.7 Å². The first-order valence-electron chi connectivity index (χ1n) is 8.02. The number of halogens is 1. The number of nitrogens with zero attached hydrogens (tertiary/aromatic N) is 2. The van der Waals surface area contributed by atoms with Crippen LogP contribution in [0.25, 0.3) is 6.08 Å². The van der Waals surface area contributed by atoms with Crippen molar-refractivity contribution in [3.05, 3.63) is 50.4 Å². The molecule has 2 aromatic heterocycles. The number of carbonyl (C=O) groups excluding carboxylic acids is 1. The van der Waals surface area contributed by atoms with E-state index in [9.17, 15) is 4.79 Å². The fraction of sp³-hybridized carbons (Fsp3) is 0.333. The third-order valence-electron chi connectivity index (χ3n) is 4.57. The van der Waals surface area contributed by atoms with Crippen molar-refractivity contribution in [1.29, 1.82) is 0 Å². The van der Waals surface area contributed by atoms with Crippen molar-refractivity contribution < 1.29 is 4.79 Å². The van der Waals surface area contributed by atoms with Gasteiger partial charge in [-0.2, -0.15) is 5.10 Å². The zero-order chi connectivity index (χ0) is 16.5. The molecule has 0 unspecified atom stereocenters. The van der Waals surface area contributed by atoms with Crippen molar-refractivity contribution in [3.63, 3.8) is 0 Å². The van der Waals surface area contributed by atoms with Gasteiger partial charge >= 0.3 is 0 Å². The molecule has 2 atom stereocenters. The fourth-order valence-corrected chi connectivity index (χ4v) is 5.23. The molecule has 1 amide bonds. The number of fused-ring (bicyclic) bond motifs is 1. The summed E-state index contributed by atoms with van der Waals surface area (Å²) in [5.41, 5.74) is 2.34. The molecule has 2 aliphatic rings. The average Bonchev–Trinajstić information content (AvgIpc) is 3.33. The van der Waals surface area contributed by atoms with E-state index in [1.807, 2.05) is 6.07 Å². The van der Waals surface area contributed by atoms with E-state index in [0.29, 0.717) is 0 Å². The molecule has 1 saturated carbocycles. The first kappa shape index (κ1) is 16.1. The molecule has 2 aromatic rings. The molecule has 124 valence electrons. The van der Waals surface area contributed by atoms with Crippen LogP contribution in [0.4, 0.5) is 0 Å². The van der Waals surface area contributed by atoms with Crippen LogP contribution >= 0.6 is 34.3 Å². The van der Waals surface area contributed by atoms with Crippen LogP contribution < -0.4 is 0 Å². The Kier molecular flexibility index (Phi) is 4.57. The molecule has 4 rings (SSSR count). The van der Waals surface area contributed by atoms with Gasteiger partial charge < -0.3 is 0 Å². The number of carbonyl (C=O) groups is 1. The Balaban J connectivity index is 1.74. The van der Waals surface area contributed by atoms with Crippen LogP contribution in [0.3, 0.4) is 0 Å². The molecule has 3 heterocycles. The van der Waals surface area contributed by atoms with Gasteiger partial charge in [0, 0.05) is 15.7 Å². The summed E-state index contributed by atoms with van der Waals surface area (Å²) in [6.45, 7) is 0. The summed E-state index contributed by atoms with van der Waals surface area (Å²) in [6, 6.07) is 8.31. The van der Waals surface area contributed by atoms with Crippen molar-refractivity contribution in [2.45, 2.75) is 25.3 Å². The van der Waals surface area contributed by atoms with Gasteiger partial charge in [0.05, 0.1) is 11.8 Å². The molecule has 1 aliphatic heterocycles. The topological polar surface area (TPSA) is 32.7 Å². The standard InChI is InChI=1S/C18H17ClN2OS2/c19-11-16(22)21-18(15-7-3-9-24-15)14-6-1-4-12(17(14)20-21)10-13-5-2-8-23-13/h2-3,5,7-10,14,18H,1,4,6,11H2/b12-10+/t14-,18-/m0/s1. The smallest absolute Gasteiger partial charge is 0.258 e. The van der Waals surface area contributed by atoms with Gasteiger partial charge in [0.1, 0.15) is 5.88 Å². The van der Waals surface area contributed by atoms with E-state index in [2.05, 4.69) is 35.0 Å². The molecule has 0 aromatic carbocycles. The van der Waals surface area contributed by atoms with Crippen LogP contribution in [0.1, 0.15) is 35.1 Å². The van der Waals surface area contributed by atoms with Crippen LogP contribution in [-0.2, 0) is 4.79 Å². The van der Waals surface area contributed by atoms with Crippen molar-refractivity contribution in [2.75, 3.05) is 5.88 Å². The van der Waals surface area contributed by atoms with E-state index in [4.69, 9.17) is 16.7 Å². The predicted octanol–water partition coefficient (Wildman–Crippen LogP) is 5.17. The lowest BCUT2D eigenvalue weighted by Crippen LogP contribution is -2.31. The van der Waals surface area contributed by atoms with Crippen molar-refractivity contribution in [2.24, 2.45) is 11.0 Å². The second kappa shape index (κ2) is 6.82. The highest BCUT2D eigenvalue weighted by molar-refractivity contribution is 7.11. The lowest BCUT2D eigenvalue weighted by atomic mass is 9.79. The van der Waals surface area contributed by atoms with E-state index in [1.165, 1.54) is 15.3 Å². The maximum Gasteiger partial charge on any atom is 0.258 e. The second-order valence-electron chi connectivity index (χ2n) is 6.00. The highest BCUT2D eigenvalue weighted by Crippen LogP contribution is 2.45. The van der Waals surface area contributed by atoms with E-state index in [0.717, 1.165) is 25.0 Å². The van der Waals surface area contributed by atoms with Crippen LogP contribution in [0.2, 0.25) is 0 Å². The molecule has 0 bridgehead atoms. The maximum absolute atomic E-state index is 12.4. The Bertz CT molecular complexity index is 780. The van der Waals surface area contributed by atoms with Gasteiger partial charge in [-0.15, -0.1) is 34.3 Å². The van der Waals surface area contributed by atoms with Gasteiger partial charge in [-0.3, -0.25) is 4.79 Å². The molecule has 6 heteroatoms. The van der Waals surface area contributed by atoms with Crippen LogP contribution in [0.5, 0.6) is 0 Å². The molecule has 0 N–H and O–H groups in total. The molecule has 24 heavy (non-hydrogen) atoms. The first-order valence-corrected chi connectivity index (χ1v) is 10.3. The summed E-state index contributed by atoms with van der Waals surface area (Å²) < 4.78 is 0. The molecular formula is C18H17ClN2OS2. The molecule has 1 aliphatic carbocycles. The Hall–Kier alpha value is -1.43. The lowest BCUT2D eigenvalue weighted by Gasteiger charge is -2.28. The number of hydrogen-bond acceptors (Lipinski definition) is 4. The third-order valence-corrected chi connectivity index (χ3v) is 6.56. The van der Waals surface area contributed by atoms with Gasteiger partial charge in [0.25, 0.3) is 5.91 Å². The highest BCUT2D eigenvalue weighted by Gasteiger charge is 2.43. The minimum Gasteiger partial charge on any atom is -0.272 e. The normalized spacial score (nSPS) is 25.0.